The van der Waals surface area contributed by atoms with Gasteiger partial charge in [0, 0.05) is 27.2 Å². The zero-order valence-electron chi connectivity index (χ0n) is 11.8. The van der Waals surface area contributed by atoms with E-state index < -0.39 is 5.60 Å². The van der Waals surface area contributed by atoms with Crippen LogP contribution in [-0.2, 0) is 9.53 Å². The van der Waals surface area contributed by atoms with Crippen molar-refractivity contribution in [2.24, 2.45) is 10.9 Å². The summed E-state index contributed by atoms with van der Waals surface area (Å²) in [7, 11) is 3.58. The molecule has 0 bridgehead atoms. The van der Waals surface area contributed by atoms with Gasteiger partial charge in [0.15, 0.2) is 5.96 Å². The second-order valence-corrected chi connectivity index (χ2v) is 5.26. The van der Waals surface area contributed by atoms with Gasteiger partial charge < -0.3 is 15.0 Å². The first-order valence-corrected chi connectivity index (χ1v) is 5.99. The molecule has 1 aliphatic rings. The topological polar surface area (TPSA) is 53.9 Å². The number of likely N-dealkylation sites (tertiary alicyclic amines) is 1. The third-order valence-electron chi connectivity index (χ3n) is 2.66. The van der Waals surface area contributed by atoms with Crippen LogP contribution in [0.4, 0.5) is 0 Å². The Kier molecular flexibility index (Phi) is 6.94. The van der Waals surface area contributed by atoms with E-state index in [0.29, 0.717) is 6.54 Å². The fourth-order valence-electron chi connectivity index (χ4n) is 1.94. The number of aliphatic imine (C=N–C) groups is 1. The minimum Gasteiger partial charge on any atom is -0.460 e. The van der Waals surface area contributed by atoms with Crippen molar-refractivity contribution in [3.8, 4) is 0 Å². The van der Waals surface area contributed by atoms with Crippen LogP contribution in [0.2, 0.25) is 0 Å². The van der Waals surface area contributed by atoms with Gasteiger partial charge in [-0.25, -0.2) is 0 Å². The predicted molar refractivity (Wildman–Crippen MR) is 83.4 cm³/mol. The van der Waals surface area contributed by atoms with E-state index in [1.54, 1.807) is 7.05 Å². The van der Waals surface area contributed by atoms with E-state index in [2.05, 4.69) is 15.2 Å². The molecule has 1 fully saturated rings. The van der Waals surface area contributed by atoms with E-state index >= 15 is 0 Å². The summed E-state index contributed by atoms with van der Waals surface area (Å²) >= 11 is 0. The Balaban J connectivity index is 0.00000289. The summed E-state index contributed by atoms with van der Waals surface area (Å²) in [5.74, 6) is 0.682. The Hall–Kier alpha value is -0.530. The molecule has 18 heavy (non-hydrogen) atoms. The van der Waals surface area contributed by atoms with Crippen molar-refractivity contribution in [3.05, 3.63) is 0 Å². The van der Waals surface area contributed by atoms with Crippen molar-refractivity contribution in [1.29, 1.82) is 0 Å². The largest absolute Gasteiger partial charge is 0.460 e. The zero-order chi connectivity index (χ0) is 13.1. The molecule has 0 saturated carbocycles. The first kappa shape index (κ1) is 17.5. The molecule has 0 radical (unpaired) electrons. The van der Waals surface area contributed by atoms with Crippen molar-refractivity contribution >= 4 is 35.9 Å². The van der Waals surface area contributed by atoms with Crippen LogP contribution in [0, 0.1) is 5.92 Å². The van der Waals surface area contributed by atoms with E-state index in [1.807, 2.05) is 27.8 Å². The maximum absolute atomic E-state index is 11.9. The average Bonchev–Trinajstić information content (AvgIpc) is 2.66. The molecular weight excluding hydrogens is 345 g/mol. The number of rotatable bonds is 1. The number of carbonyl (C=O) groups excluding carboxylic acids is 1. The number of ether oxygens (including phenoxy) is 1. The number of nitrogens with zero attached hydrogens (tertiary/aromatic N) is 2. The molecule has 1 N–H and O–H groups in total. The Morgan fingerprint density at radius 1 is 1.44 bits per heavy atom. The van der Waals surface area contributed by atoms with Crippen LogP contribution < -0.4 is 5.32 Å². The van der Waals surface area contributed by atoms with Crippen LogP contribution in [-0.4, -0.2) is 49.6 Å². The maximum atomic E-state index is 11.9. The number of esters is 1. The quantitative estimate of drug-likeness (QED) is 0.329. The van der Waals surface area contributed by atoms with Gasteiger partial charge >= 0.3 is 5.97 Å². The number of nitrogens with one attached hydrogen (secondary N) is 1. The summed E-state index contributed by atoms with van der Waals surface area (Å²) < 4.78 is 5.39. The molecule has 0 aromatic carbocycles. The highest BCUT2D eigenvalue weighted by Gasteiger charge is 2.32. The van der Waals surface area contributed by atoms with E-state index in [9.17, 15) is 4.79 Å². The number of carbonyl (C=O) groups is 1. The van der Waals surface area contributed by atoms with Crippen molar-refractivity contribution in [1.82, 2.24) is 10.2 Å². The molecule has 0 spiro atoms. The number of hydrogen-bond acceptors (Lipinski definition) is 3. The van der Waals surface area contributed by atoms with Crippen molar-refractivity contribution in [2.75, 3.05) is 27.2 Å². The van der Waals surface area contributed by atoms with Crippen LogP contribution in [0.5, 0.6) is 0 Å². The molecule has 0 aliphatic carbocycles. The lowest BCUT2D eigenvalue weighted by atomic mass is 10.1. The molecule has 1 aliphatic heterocycles. The van der Waals surface area contributed by atoms with E-state index in [1.165, 1.54) is 0 Å². The average molecular weight is 369 g/mol. The van der Waals surface area contributed by atoms with Gasteiger partial charge in [-0.2, -0.15) is 0 Å². The van der Waals surface area contributed by atoms with Gasteiger partial charge in [-0.1, -0.05) is 0 Å². The molecule has 5 nitrogen and oxygen atoms in total. The molecule has 1 saturated heterocycles. The first-order valence-electron chi connectivity index (χ1n) is 5.99. The van der Waals surface area contributed by atoms with Crippen molar-refractivity contribution < 1.29 is 9.53 Å². The Bertz CT molecular complexity index is 313. The van der Waals surface area contributed by atoms with Crippen molar-refractivity contribution in [2.45, 2.75) is 32.8 Å². The zero-order valence-corrected chi connectivity index (χ0v) is 14.1. The summed E-state index contributed by atoms with van der Waals surface area (Å²) in [5.41, 5.74) is -0.408. The lowest BCUT2D eigenvalue weighted by Gasteiger charge is -2.23. The Morgan fingerprint density at radius 3 is 2.50 bits per heavy atom. The van der Waals surface area contributed by atoms with Crippen molar-refractivity contribution in [3.63, 3.8) is 0 Å². The monoisotopic (exact) mass is 369 g/mol. The van der Waals surface area contributed by atoms with Crippen LogP contribution in [0.25, 0.3) is 0 Å². The molecular formula is C12H24IN3O2. The highest BCUT2D eigenvalue weighted by Crippen LogP contribution is 2.20. The fourth-order valence-corrected chi connectivity index (χ4v) is 1.94. The molecule has 1 rings (SSSR count). The normalized spacial score (nSPS) is 20.4. The SMILES string of the molecule is CN=C(NC)N1CCC(C(=O)OC(C)(C)C)C1.I. The van der Waals surface area contributed by atoms with E-state index in [0.717, 1.165) is 18.9 Å². The maximum Gasteiger partial charge on any atom is 0.311 e. The van der Waals surface area contributed by atoms with Crippen LogP contribution in [0.1, 0.15) is 27.2 Å². The second-order valence-electron chi connectivity index (χ2n) is 5.26. The van der Waals surface area contributed by atoms with Gasteiger partial charge in [0.05, 0.1) is 5.92 Å². The van der Waals surface area contributed by atoms with Crippen LogP contribution in [0.3, 0.4) is 0 Å². The highest BCUT2D eigenvalue weighted by atomic mass is 127. The summed E-state index contributed by atoms with van der Waals surface area (Å²) in [6.07, 6.45) is 0.829. The number of hydrogen-bond donors (Lipinski definition) is 1. The first-order chi connectivity index (χ1) is 7.87. The molecule has 6 heteroatoms. The van der Waals surface area contributed by atoms with E-state index in [4.69, 9.17) is 4.74 Å². The van der Waals surface area contributed by atoms with Crippen LogP contribution >= 0.6 is 24.0 Å². The van der Waals surface area contributed by atoms with Gasteiger partial charge in [0.25, 0.3) is 0 Å². The van der Waals surface area contributed by atoms with Gasteiger partial charge in [0.2, 0.25) is 0 Å². The standard InChI is InChI=1S/C12H23N3O2.HI/c1-12(2,3)17-10(16)9-6-7-15(8-9)11(13-4)14-5;/h9H,6-8H2,1-5H3,(H,13,14);1H. The number of guanidine groups is 1. The lowest BCUT2D eigenvalue weighted by molar-refractivity contribution is -0.159. The van der Waals surface area contributed by atoms with E-state index in [-0.39, 0.29) is 35.9 Å². The minimum atomic E-state index is -0.408. The summed E-state index contributed by atoms with van der Waals surface area (Å²) in [6.45, 7) is 7.21. The summed E-state index contributed by atoms with van der Waals surface area (Å²) in [5, 5.41) is 3.03. The summed E-state index contributed by atoms with van der Waals surface area (Å²) in [6, 6.07) is 0. The van der Waals surface area contributed by atoms with Gasteiger partial charge in [0.1, 0.15) is 5.60 Å². The molecule has 0 aromatic heterocycles. The Labute approximate surface area is 126 Å². The molecule has 0 amide bonds. The molecule has 1 atom stereocenters. The fraction of sp³-hybridized carbons (Fsp3) is 0.833. The molecule has 0 aromatic rings. The Morgan fingerprint density at radius 2 is 2.06 bits per heavy atom. The minimum absolute atomic E-state index is 0. The van der Waals surface area contributed by atoms with Crippen LogP contribution in [0.15, 0.2) is 4.99 Å². The third-order valence-corrected chi connectivity index (χ3v) is 2.66. The van der Waals surface area contributed by atoms with Gasteiger partial charge in [-0.15, -0.1) is 24.0 Å². The van der Waals surface area contributed by atoms with Gasteiger partial charge in [-0.05, 0) is 27.2 Å². The molecule has 1 heterocycles. The lowest BCUT2D eigenvalue weighted by Crippen LogP contribution is -2.39. The highest BCUT2D eigenvalue weighted by molar-refractivity contribution is 14.0. The summed E-state index contributed by atoms with van der Waals surface area (Å²) in [4.78, 5) is 18.1. The number of halogens is 1. The predicted octanol–water partition coefficient (Wildman–Crippen LogP) is 1.47. The molecule has 1 unspecified atom stereocenters. The third kappa shape index (κ3) is 4.99. The molecule has 106 valence electrons. The van der Waals surface area contributed by atoms with Gasteiger partial charge in [-0.3, -0.25) is 9.79 Å². The smallest absolute Gasteiger partial charge is 0.311 e. The second kappa shape index (κ2) is 7.16.